The molecule has 1 aromatic heterocycles. The van der Waals surface area contributed by atoms with Gasteiger partial charge in [-0.25, -0.2) is 4.98 Å². The molecule has 56 valence electrons. The first-order valence-electron chi connectivity index (χ1n) is 3.27. The molecule has 1 aromatic carbocycles. The molecule has 0 N–H and O–H groups in total. The first-order valence-corrected chi connectivity index (χ1v) is 4.53. The molecule has 2 aromatic rings. The Labute approximate surface area is 73.6 Å². The van der Waals surface area contributed by atoms with Crippen molar-refractivity contribution < 1.29 is 0 Å². The Hall–Kier alpha value is -0.600. The quantitative estimate of drug-likeness (QED) is 0.611. The van der Waals surface area contributed by atoms with E-state index in [-0.39, 0.29) is 0 Å². The van der Waals surface area contributed by atoms with Crippen molar-refractivity contribution in [3.05, 3.63) is 28.2 Å². The van der Waals surface area contributed by atoms with E-state index >= 15 is 0 Å². The van der Waals surface area contributed by atoms with E-state index in [2.05, 4.69) is 4.98 Å². The van der Waals surface area contributed by atoms with E-state index in [1.54, 1.807) is 11.3 Å². The highest BCUT2D eigenvalue weighted by atomic mass is 35.5. The van der Waals surface area contributed by atoms with Gasteiger partial charge in [0.2, 0.25) is 0 Å². The van der Waals surface area contributed by atoms with Crippen molar-refractivity contribution in [2.75, 3.05) is 0 Å². The lowest BCUT2D eigenvalue weighted by molar-refractivity contribution is 1.48. The molecule has 0 spiro atoms. The van der Waals surface area contributed by atoms with Gasteiger partial charge in [-0.1, -0.05) is 11.6 Å². The van der Waals surface area contributed by atoms with E-state index in [1.807, 2.05) is 24.6 Å². The van der Waals surface area contributed by atoms with Crippen LogP contribution in [0, 0.1) is 6.92 Å². The summed E-state index contributed by atoms with van der Waals surface area (Å²) in [5.41, 5.74) is 4.01. The fourth-order valence-electron chi connectivity index (χ4n) is 1.04. The molecule has 1 heterocycles. The standard InChI is InChI=1S/C8H6ClNS/c1-5-6(9)2-3-7-8(5)11-4-10-7/h2-4H,1H3. The summed E-state index contributed by atoms with van der Waals surface area (Å²) in [6.45, 7) is 2.02. The number of fused-ring (bicyclic) bond motifs is 1. The molecular weight excluding hydrogens is 178 g/mol. The van der Waals surface area contributed by atoms with E-state index < -0.39 is 0 Å². The van der Waals surface area contributed by atoms with E-state index in [4.69, 9.17) is 11.6 Å². The lowest BCUT2D eigenvalue weighted by Gasteiger charge is -1.95. The van der Waals surface area contributed by atoms with Crippen LogP contribution >= 0.6 is 22.9 Å². The molecule has 0 bridgehead atoms. The van der Waals surface area contributed by atoms with Gasteiger partial charge in [0.1, 0.15) is 0 Å². The third kappa shape index (κ3) is 1.03. The zero-order chi connectivity index (χ0) is 7.84. The molecule has 0 saturated carbocycles. The Balaban J connectivity index is 2.93. The van der Waals surface area contributed by atoms with Crippen molar-refractivity contribution in [2.45, 2.75) is 6.92 Å². The number of aryl methyl sites for hydroxylation is 1. The predicted molar refractivity (Wildman–Crippen MR) is 49.4 cm³/mol. The molecule has 2 rings (SSSR count). The summed E-state index contributed by atoms with van der Waals surface area (Å²) in [6, 6.07) is 3.83. The highest BCUT2D eigenvalue weighted by Gasteiger charge is 2.02. The van der Waals surface area contributed by atoms with Crippen LogP contribution in [0.2, 0.25) is 5.02 Å². The number of halogens is 1. The lowest BCUT2D eigenvalue weighted by atomic mass is 10.2. The second-order valence-electron chi connectivity index (χ2n) is 2.37. The van der Waals surface area contributed by atoms with Crippen molar-refractivity contribution in [2.24, 2.45) is 0 Å². The number of rotatable bonds is 0. The van der Waals surface area contributed by atoms with E-state index in [0.29, 0.717) is 0 Å². The summed E-state index contributed by atoms with van der Waals surface area (Å²) in [7, 11) is 0. The van der Waals surface area contributed by atoms with Crippen LogP contribution in [0.4, 0.5) is 0 Å². The minimum Gasteiger partial charge on any atom is -0.245 e. The van der Waals surface area contributed by atoms with E-state index in [1.165, 1.54) is 4.70 Å². The van der Waals surface area contributed by atoms with Gasteiger partial charge in [-0.2, -0.15) is 0 Å². The van der Waals surface area contributed by atoms with Gasteiger partial charge in [0.25, 0.3) is 0 Å². The minimum atomic E-state index is 0.821. The molecule has 1 nitrogen and oxygen atoms in total. The maximum Gasteiger partial charge on any atom is 0.0815 e. The Morgan fingerprint density at radius 3 is 3.09 bits per heavy atom. The van der Waals surface area contributed by atoms with Crippen LogP contribution in [0.1, 0.15) is 5.56 Å². The molecule has 0 aliphatic rings. The Kier molecular flexibility index (Phi) is 1.59. The summed E-state index contributed by atoms with van der Waals surface area (Å²) < 4.78 is 1.19. The molecule has 0 unspecified atom stereocenters. The third-order valence-electron chi connectivity index (χ3n) is 1.68. The number of nitrogens with zero attached hydrogens (tertiary/aromatic N) is 1. The molecule has 0 atom stereocenters. The van der Waals surface area contributed by atoms with Gasteiger partial charge < -0.3 is 0 Å². The Morgan fingerprint density at radius 1 is 1.45 bits per heavy atom. The van der Waals surface area contributed by atoms with Gasteiger partial charge in [0.15, 0.2) is 0 Å². The summed E-state index contributed by atoms with van der Waals surface area (Å²) in [5, 5.41) is 0.821. The molecule has 0 radical (unpaired) electrons. The summed E-state index contributed by atoms with van der Waals surface area (Å²) >= 11 is 7.56. The van der Waals surface area contributed by atoms with Crippen LogP contribution in [-0.2, 0) is 0 Å². The number of hydrogen-bond acceptors (Lipinski definition) is 2. The number of aromatic nitrogens is 1. The third-order valence-corrected chi connectivity index (χ3v) is 3.05. The van der Waals surface area contributed by atoms with Gasteiger partial charge in [-0.3, -0.25) is 0 Å². The molecule has 3 heteroatoms. The van der Waals surface area contributed by atoms with Crippen LogP contribution in [0.25, 0.3) is 10.2 Å². The first-order chi connectivity index (χ1) is 5.29. The molecule has 0 aliphatic heterocycles. The SMILES string of the molecule is Cc1c(Cl)ccc2ncsc12. The average molecular weight is 184 g/mol. The van der Waals surface area contributed by atoms with Crippen LogP contribution in [0.3, 0.4) is 0 Å². The molecular formula is C8H6ClNS. The monoisotopic (exact) mass is 183 g/mol. The number of thiazole rings is 1. The fourth-order valence-corrected chi connectivity index (χ4v) is 2.05. The van der Waals surface area contributed by atoms with Crippen molar-refractivity contribution in [1.82, 2.24) is 4.98 Å². The predicted octanol–water partition coefficient (Wildman–Crippen LogP) is 3.26. The molecule has 0 fully saturated rings. The highest BCUT2D eigenvalue weighted by molar-refractivity contribution is 7.17. The van der Waals surface area contributed by atoms with E-state index in [9.17, 15) is 0 Å². The normalized spacial score (nSPS) is 10.7. The van der Waals surface area contributed by atoms with Crippen LogP contribution in [0.15, 0.2) is 17.6 Å². The second-order valence-corrected chi connectivity index (χ2v) is 3.63. The Bertz CT molecular complexity index is 394. The van der Waals surface area contributed by atoms with Gasteiger partial charge in [-0.15, -0.1) is 11.3 Å². The fraction of sp³-hybridized carbons (Fsp3) is 0.125. The molecule has 11 heavy (non-hydrogen) atoms. The average Bonchev–Trinajstić information content (AvgIpc) is 2.45. The maximum atomic E-state index is 5.92. The van der Waals surface area contributed by atoms with Crippen molar-refractivity contribution >= 4 is 33.2 Å². The topological polar surface area (TPSA) is 12.9 Å². The van der Waals surface area contributed by atoms with Crippen LogP contribution in [0.5, 0.6) is 0 Å². The van der Waals surface area contributed by atoms with E-state index in [0.717, 1.165) is 16.1 Å². The van der Waals surface area contributed by atoms with Crippen molar-refractivity contribution in [3.63, 3.8) is 0 Å². The largest absolute Gasteiger partial charge is 0.245 e. The van der Waals surface area contributed by atoms with Gasteiger partial charge in [-0.05, 0) is 24.6 Å². The Morgan fingerprint density at radius 2 is 2.27 bits per heavy atom. The molecule has 0 amide bonds. The highest BCUT2D eigenvalue weighted by Crippen LogP contribution is 2.27. The molecule has 0 saturated heterocycles. The lowest BCUT2D eigenvalue weighted by Crippen LogP contribution is -1.74. The van der Waals surface area contributed by atoms with Gasteiger partial charge >= 0.3 is 0 Å². The number of hydrogen-bond donors (Lipinski definition) is 0. The minimum absolute atomic E-state index is 0.821. The first kappa shape index (κ1) is 7.07. The zero-order valence-corrected chi connectivity index (χ0v) is 7.54. The summed E-state index contributed by atoms with van der Waals surface area (Å²) in [5.74, 6) is 0. The van der Waals surface area contributed by atoms with Crippen LogP contribution in [-0.4, -0.2) is 4.98 Å². The van der Waals surface area contributed by atoms with Gasteiger partial charge in [0, 0.05) is 5.02 Å². The maximum absolute atomic E-state index is 5.92. The van der Waals surface area contributed by atoms with Crippen molar-refractivity contribution in [3.8, 4) is 0 Å². The second kappa shape index (κ2) is 2.47. The number of benzene rings is 1. The van der Waals surface area contributed by atoms with Gasteiger partial charge in [0.05, 0.1) is 15.7 Å². The summed E-state index contributed by atoms with van der Waals surface area (Å²) in [6.07, 6.45) is 0. The van der Waals surface area contributed by atoms with Crippen LogP contribution < -0.4 is 0 Å². The zero-order valence-electron chi connectivity index (χ0n) is 5.97. The summed E-state index contributed by atoms with van der Waals surface area (Å²) in [4.78, 5) is 4.18. The van der Waals surface area contributed by atoms with Crippen molar-refractivity contribution in [1.29, 1.82) is 0 Å². The molecule has 0 aliphatic carbocycles. The smallest absolute Gasteiger partial charge is 0.0815 e.